The summed E-state index contributed by atoms with van der Waals surface area (Å²) in [6.07, 6.45) is -9.12. The van der Waals surface area contributed by atoms with Crippen molar-refractivity contribution in [3.63, 3.8) is 0 Å². The molecule has 37 heavy (non-hydrogen) atoms. The van der Waals surface area contributed by atoms with Gasteiger partial charge in [0.2, 0.25) is 0 Å². The maximum Gasteiger partial charge on any atom is 0.416 e. The Kier molecular flexibility index (Phi) is 7.99. The second-order valence-corrected chi connectivity index (χ2v) is 9.71. The minimum Gasteiger partial charge on any atom is -0.444 e. The molecule has 3 rings (SSSR count). The van der Waals surface area contributed by atoms with Gasteiger partial charge in [-0.1, -0.05) is 6.07 Å². The summed E-state index contributed by atoms with van der Waals surface area (Å²) in [6.45, 7) is 5.78. The molecule has 2 amide bonds. The highest BCUT2D eigenvalue weighted by Gasteiger charge is 2.34. The molecular formula is C25H27F6N3O3. The molecular weight excluding hydrogens is 504 g/mol. The Hall–Kier alpha value is -3.44. The first-order valence-corrected chi connectivity index (χ1v) is 11.5. The third-order valence-corrected chi connectivity index (χ3v) is 5.54. The number of hydrogen-bond acceptors (Lipinski definition) is 4. The van der Waals surface area contributed by atoms with Gasteiger partial charge < -0.3 is 20.3 Å². The number of carbonyl (C=O) groups is 2. The second kappa shape index (κ2) is 10.5. The van der Waals surface area contributed by atoms with Gasteiger partial charge in [-0.15, -0.1) is 0 Å². The topological polar surface area (TPSA) is 70.7 Å². The molecule has 0 atom stereocenters. The van der Waals surface area contributed by atoms with E-state index in [0.717, 1.165) is 18.2 Å². The van der Waals surface area contributed by atoms with E-state index in [9.17, 15) is 35.9 Å². The molecule has 12 heteroatoms. The third-order valence-electron chi connectivity index (χ3n) is 5.54. The van der Waals surface area contributed by atoms with Gasteiger partial charge in [-0.3, -0.25) is 4.79 Å². The quantitative estimate of drug-likeness (QED) is 0.444. The molecule has 0 aliphatic carbocycles. The molecule has 0 unspecified atom stereocenters. The van der Waals surface area contributed by atoms with Crippen molar-refractivity contribution < 1.29 is 40.7 Å². The minimum absolute atomic E-state index is 0.139. The number of benzene rings is 2. The predicted molar refractivity (Wildman–Crippen MR) is 125 cm³/mol. The molecule has 2 aromatic carbocycles. The van der Waals surface area contributed by atoms with Gasteiger partial charge in [0.05, 0.1) is 11.1 Å². The molecule has 1 aliphatic rings. The van der Waals surface area contributed by atoms with E-state index in [4.69, 9.17) is 4.74 Å². The first-order chi connectivity index (χ1) is 17.0. The summed E-state index contributed by atoms with van der Waals surface area (Å²) < 4.78 is 84.9. The SMILES string of the molecule is CC(C)(C)OC(=O)NC1CCN(c2cc(C(=O)Nc3cccc(C(F)(F)F)c3)cc(C(F)(F)F)c2)CC1. The summed E-state index contributed by atoms with van der Waals surface area (Å²) in [5, 5.41) is 4.98. The van der Waals surface area contributed by atoms with Gasteiger partial charge >= 0.3 is 18.4 Å². The van der Waals surface area contributed by atoms with Gasteiger partial charge in [-0.05, 0) is 70.0 Å². The summed E-state index contributed by atoms with van der Waals surface area (Å²) in [5.74, 6) is -0.979. The van der Waals surface area contributed by atoms with Crippen LogP contribution >= 0.6 is 0 Å². The molecule has 1 fully saturated rings. The fourth-order valence-corrected chi connectivity index (χ4v) is 3.82. The maximum atomic E-state index is 13.6. The lowest BCUT2D eigenvalue weighted by Gasteiger charge is -2.34. The highest BCUT2D eigenvalue weighted by atomic mass is 19.4. The number of alkyl halides is 6. The van der Waals surface area contributed by atoms with E-state index < -0.39 is 41.1 Å². The van der Waals surface area contributed by atoms with Gasteiger partial charge in [0.1, 0.15) is 5.60 Å². The molecule has 1 heterocycles. The molecule has 2 N–H and O–H groups in total. The van der Waals surface area contributed by atoms with Crippen LogP contribution < -0.4 is 15.5 Å². The summed E-state index contributed by atoms with van der Waals surface area (Å²) in [7, 11) is 0. The first-order valence-electron chi connectivity index (χ1n) is 11.5. The lowest BCUT2D eigenvalue weighted by molar-refractivity contribution is -0.138. The van der Waals surface area contributed by atoms with Crippen molar-refractivity contribution in [3.8, 4) is 0 Å². The van der Waals surface area contributed by atoms with E-state index in [1.54, 1.807) is 25.7 Å². The zero-order valence-electron chi connectivity index (χ0n) is 20.4. The Bertz CT molecular complexity index is 1130. The van der Waals surface area contributed by atoms with Crippen molar-refractivity contribution in [2.75, 3.05) is 23.3 Å². The minimum atomic E-state index is -4.75. The van der Waals surface area contributed by atoms with Crippen molar-refractivity contribution in [1.82, 2.24) is 5.32 Å². The smallest absolute Gasteiger partial charge is 0.416 e. The van der Waals surface area contributed by atoms with E-state index in [1.807, 2.05) is 0 Å². The molecule has 2 aromatic rings. The Morgan fingerprint density at radius 2 is 1.51 bits per heavy atom. The Morgan fingerprint density at radius 1 is 0.892 bits per heavy atom. The maximum absolute atomic E-state index is 13.6. The predicted octanol–water partition coefficient (Wildman–Crippen LogP) is 6.47. The standard InChI is InChI=1S/C25H27F6N3O3/c1-23(2,3)37-22(36)33-18-7-9-34(10-8-18)20-12-15(11-17(14-20)25(29,30)31)21(35)32-19-6-4-5-16(13-19)24(26,27)28/h4-6,11-14,18H,7-10H2,1-3H3,(H,32,35)(H,33,36). The third kappa shape index (κ3) is 8.02. The summed E-state index contributed by atoms with van der Waals surface area (Å²) in [5.41, 5.74) is -3.15. The number of hydrogen-bond donors (Lipinski definition) is 2. The first kappa shape index (κ1) is 28.1. The van der Waals surface area contributed by atoms with E-state index in [-0.39, 0.29) is 23.0 Å². The molecule has 1 saturated heterocycles. The largest absolute Gasteiger partial charge is 0.444 e. The molecule has 0 radical (unpaired) electrons. The number of amides is 2. The van der Waals surface area contributed by atoms with Crippen LogP contribution in [0.4, 0.5) is 42.5 Å². The molecule has 0 spiro atoms. The number of ether oxygens (including phenoxy) is 1. The van der Waals surface area contributed by atoms with E-state index in [2.05, 4.69) is 10.6 Å². The average Bonchev–Trinajstić information content (AvgIpc) is 2.77. The molecule has 6 nitrogen and oxygen atoms in total. The lowest BCUT2D eigenvalue weighted by atomic mass is 10.0. The van der Waals surface area contributed by atoms with Gasteiger partial charge in [0.15, 0.2) is 0 Å². The van der Waals surface area contributed by atoms with Crippen molar-refractivity contribution in [1.29, 1.82) is 0 Å². The highest BCUT2D eigenvalue weighted by Crippen LogP contribution is 2.35. The average molecular weight is 531 g/mol. The van der Waals surface area contributed by atoms with Crippen LogP contribution in [0.1, 0.15) is 55.1 Å². The molecule has 0 aromatic heterocycles. The second-order valence-electron chi connectivity index (χ2n) is 9.71. The van der Waals surface area contributed by atoms with Crippen LogP contribution in [0.5, 0.6) is 0 Å². The van der Waals surface area contributed by atoms with Crippen LogP contribution in [0.2, 0.25) is 0 Å². The van der Waals surface area contributed by atoms with E-state index >= 15 is 0 Å². The lowest BCUT2D eigenvalue weighted by Crippen LogP contribution is -2.46. The Morgan fingerprint density at radius 3 is 2.08 bits per heavy atom. The van der Waals surface area contributed by atoms with Crippen LogP contribution in [0.3, 0.4) is 0 Å². The Balaban J connectivity index is 1.77. The normalized spacial score (nSPS) is 15.3. The van der Waals surface area contributed by atoms with Crippen LogP contribution in [0.25, 0.3) is 0 Å². The summed E-state index contributed by atoms with van der Waals surface area (Å²) >= 11 is 0. The van der Waals surface area contributed by atoms with E-state index in [1.165, 1.54) is 12.1 Å². The molecule has 0 bridgehead atoms. The molecule has 0 saturated carbocycles. The fraction of sp³-hybridized carbons (Fsp3) is 0.440. The van der Waals surface area contributed by atoms with Crippen LogP contribution in [0, 0.1) is 0 Å². The van der Waals surface area contributed by atoms with Gasteiger partial charge in [0, 0.05) is 36.1 Å². The van der Waals surface area contributed by atoms with Crippen LogP contribution in [-0.4, -0.2) is 36.7 Å². The number of rotatable bonds is 4. The zero-order valence-corrected chi connectivity index (χ0v) is 20.4. The van der Waals surface area contributed by atoms with Crippen molar-refractivity contribution in [2.45, 2.75) is 57.6 Å². The monoisotopic (exact) mass is 531 g/mol. The molecule has 202 valence electrons. The number of piperidine rings is 1. The number of alkyl carbamates (subject to hydrolysis) is 1. The van der Waals surface area contributed by atoms with Gasteiger partial charge in [-0.2, -0.15) is 26.3 Å². The number of anilines is 2. The van der Waals surface area contributed by atoms with Crippen LogP contribution in [-0.2, 0) is 17.1 Å². The zero-order chi connectivity index (χ0) is 27.6. The fourth-order valence-electron chi connectivity index (χ4n) is 3.82. The number of nitrogens with one attached hydrogen (secondary N) is 2. The molecule has 1 aliphatic heterocycles. The van der Waals surface area contributed by atoms with Gasteiger partial charge in [-0.25, -0.2) is 4.79 Å². The number of halogens is 6. The Labute approximate surface area is 210 Å². The summed E-state index contributed by atoms with van der Waals surface area (Å²) in [4.78, 5) is 26.4. The number of carbonyl (C=O) groups excluding carboxylic acids is 2. The van der Waals surface area contributed by atoms with Crippen molar-refractivity contribution in [2.24, 2.45) is 0 Å². The van der Waals surface area contributed by atoms with Gasteiger partial charge in [0.25, 0.3) is 5.91 Å². The highest BCUT2D eigenvalue weighted by molar-refractivity contribution is 6.05. The van der Waals surface area contributed by atoms with Crippen molar-refractivity contribution in [3.05, 3.63) is 59.2 Å². The summed E-state index contributed by atoms with van der Waals surface area (Å²) in [6, 6.07) is 6.43. The van der Waals surface area contributed by atoms with Crippen LogP contribution in [0.15, 0.2) is 42.5 Å². The number of nitrogens with zero attached hydrogens (tertiary/aromatic N) is 1. The van der Waals surface area contributed by atoms with Crippen molar-refractivity contribution >= 4 is 23.4 Å². The van der Waals surface area contributed by atoms with E-state index in [0.29, 0.717) is 38.1 Å².